The van der Waals surface area contributed by atoms with E-state index in [1.54, 1.807) is 0 Å². The molecule has 100 valence electrons. The molecule has 0 atom stereocenters. The van der Waals surface area contributed by atoms with Crippen molar-refractivity contribution in [1.29, 1.82) is 0 Å². The highest BCUT2D eigenvalue weighted by atomic mass is 32.1. The molecule has 0 aliphatic carbocycles. The smallest absolute Gasteiger partial charge is 0.417 e. The van der Waals surface area contributed by atoms with Crippen molar-refractivity contribution in [2.24, 2.45) is 11.7 Å². The van der Waals surface area contributed by atoms with E-state index in [-0.39, 0.29) is 16.5 Å². The summed E-state index contributed by atoms with van der Waals surface area (Å²) in [5.74, 6) is 0.611. The molecule has 0 fully saturated rings. The van der Waals surface area contributed by atoms with Gasteiger partial charge in [-0.05, 0) is 24.1 Å². The van der Waals surface area contributed by atoms with Gasteiger partial charge in [0.1, 0.15) is 10.7 Å². The first kappa shape index (κ1) is 14.8. The second kappa shape index (κ2) is 5.56. The molecule has 0 unspecified atom stereocenters. The van der Waals surface area contributed by atoms with Gasteiger partial charge in [-0.2, -0.15) is 13.2 Å². The maximum absolute atomic E-state index is 12.7. The Kier molecular flexibility index (Phi) is 4.56. The first-order valence-corrected chi connectivity index (χ1v) is 5.76. The van der Waals surface area contributed by atoms with Gasteiger partial charge in [-0.1, -0.05) is 26.1 Å². The Morgan fingerprint density at radius 3 is 2.44 bits per heavy atom. The van der Waals surface area contributed by atoms with E-state index in [0.717, 1.165) is 6.07 Å². The van der Waals surface area contributed by atoms with Crippen molar-refractivity contribution in [3.05, 3.63) is 29.3 Å². The molecule has 0 bridgehead atoms. The average Bonchev–Trinajstić information content (AvgIpc) is 2.24. The molecule has 0 aromatic heterocycles. The Labute approximate surface area is 109 Å². The molecule has 6 heteroatoms. The Bertz CT molecular complexity index is 443. The van der Waals surface area contributed by atoms with Gasteiger partial charge in [-0.3, -0.25) is 0 Å². The maximum Gasteiger partial charge on any atom is 0.417 e. The van der Waals surface area contributed by atoms with E-state index < -0.39 is 11.7 Å². The fraction of sp³-hybridized carbons (Fsp3) is 0.417. The number of alkyl halides is 3. The second-order valence-corrected chi connectivity index (χ2v) is 4.71. The summed E-state index contributed by atoms with van der Waals surface area (Å²) in [6.45, 7) is 4.30. The normalized spacial score (nSPS) is 11.7. The van der Waals surface area contributed by atoms with E-state index in [9.17, 15) is 13.2 Å². The molecule has 1 rings (SSSR count). The Balaban J connectivity index is 3.08. The van der Waals surface area contributed by atoms with Crippen LogP contribution in [0.15, 0.2) is 18.2 Å². The SMILES string of the molecule is CC(C)COc1ccc(C(F)(F)F)c(C(N)=S)c1. The molecule has 0 aliphatic rings. The molecule has 0 saturated carbocycles. The number of halogens is 3. The van der Waals surface area contributed by atoms with E-state index in [2.05, 4.69) is 12.2 Å². The molecule has 18 heavy (non-hydrogen) atoms. The van der Waals surface area contributed by atoms with Crippen LogP contribution in [0.5, 0.6) is 5.75 Å². The summed E-state index contributed by atoms with van der Waals surface area (Å²) < 4.78 is 43.4. The standard InChI is InChI=1S/C12H14F3NOS/c1-7(2)6-17-8-3-4-10(12(13,14)15)9(5-8)11(16)18/h3-5,7H,6H2,1-2H3,(H2,16,18). The summed E-state index contributed by atoms with van der Waals surface area (Å²) in [4.78, 5) is -0.294. The maximum atomic E-state index is 12.7. The summed E-state index contributed by atoms with van der Waals surface area (Å²) in [6.07, 6.45) is -4.48. The molecular formula is C12H14F3NOS. The highest BCUT2D eigenvalue weighted by Gasteiger charge is 2.34. The van der Waals surface area contributed by atoms with E-state index in [1.165, 1.54) is 12.1 Å². The minimum Gasteiger partial charge on any atom is -0.493 e. The molecule has 1 aromatic carbocycles. The number of hydrogen-bond donors (Lipinski definition) is 1. The summed E-state index contributed by atoms with van der Waals surface area (Å²) in [5.41, 5.74) is 4.26. The number of rotatable bonds is 4. The van der Waals surface area contributed by atoms with Crippen LogP contribution in [0, 0.1) is 5.92 Å². The predicted molar refractivity (Wildman–Crippen MR) is 67.7 cm³/mol. The quantitative estimate of drug-likeness (QED) is 0.857. The molecule has 0 amide bonds. The average molecular weight is 277 g/mol. The monoisotopic (exact) mass is 277 g/mol. The Morgan fingerprint density at radius 1 is 1.39 bits per heavy atom. The van der Waals surface area contributed by atoms with E-state index >= 15 is 0 Å². The number of benzene rings is 1. The van der Waals surface area contributed by atoms with E-state index in [4.69, 9.17) is 10.5 Å². The van der Waals surface area contributed by atoms with Gasteiger partial charge in [0.25, 0.3) is 0 Å². The molecular weight excluding hydrogens is 263 g/mol. The van der Waals surface area contributed by atoms with Gasteiger partial charge in [0.15, 0.2) is 0 Å². The molecule has 0 radical (unpaired) electrons. The third-order valence-electron chi connectivity index (χ3n) is 2.15. The van der Waals surface area contributed by atoms with Crippen molar-refractivity contribution in [3.63, 3.8) is 0 Å². The van der Waals surface area contributed by atoms with Crippen LogP contribution < -0.4 is 10.5 Å². The molecule has 2 nitrogen and oxygen atoms in total. The lowest BCUT2D eigenvalue weighted by Gasteiger charge is -2.14. The summed E-state index contributed by atoms with van der Waals surface area (Å²) >= 11 is 4.64. The number of nitrogens with two attached hydrogens (primary N) is 1. The number of ether oxygens (including phenoxy) is 1. The van der Waals surface area contributed by atoms with Crippen LogP contribution in [0.25, 0.3) is 0 Å². The van der Waals surface area contributed by atoms with Gasteiger partial charge in [0.05, 0.1) is 12.2 Å². The van der Waals surface area contributed by atoms with Crippen molar-refractivity contribution in [3.8, 4) is 5.75 Å². The lowest BCUT2D eigenvalue weighted by Crippen LogP contribution is -2.18. The van der Waals surface area contributed by atoms with Crippen LogP contribution in [-0.2, 0) is 6.18 Å². The third kappa shape index (κ3) is 3.87. The van der Waals surface area contributed by atoms with Gasteiger partial charge >= 0.3 is 6.18 Å². The topological polar surface area (TPSA) is 35.2 Å². The fourth-order valence-corrected chi connectivity index (χ4v) is 1.50. The van der Waals surface area contributed by atoms with Crippen molar-refractivity contribution in [2.45, 2.75) is 20.0 Å². The zero-order chi connectivity index (χ0) is 13.9. The Morgan fingerprint density at radius 2 is 2.00 bits per heavy atom. The molecule has 0 heterocycles. The van der Waals surface area contributed by atoms with Gasteiger partial charge in [0, 0.05) is 5.56 Å². The summed E-state index contributed by atoms with van der Waals surface area (Å²) in [7, 11) is 0. The number of hydrogen-bond acceptors (Lipinski definition) is 2. The van der Waals surface area contributed by atoms with Crippen molar-refractivity contribution >= 4 is 17.2 Å². The molecule has 0 spiro atoms. The van der Waals surface area contributed by atoms with E-state index in [1.807, 2.05) is 13.8 Å². The first-order chi connectivity index (χ1) is 8.21. The predicted octanol–water partition coefficient (Wildman–Crippen LogP) is 3.37. The van der Waals surface area contributed by atoms with Gasteiger partial charge in [-0.25, -0.2) is 0 Å². The zero-order valence-electron chi connectivity index (χ0n) is 10.0. The molecule has 2 N–H and O–H groups in total. The van der Waals surface area contributed by atoms with Gasteiger partial charge < -0.3 is 10.5 Å². The number of thiocarbonyl (C=S) groups is 1. The van der Waals surface area contributed by atoms with Crippen LogP contribution in [0.2, 0.25) is 0 Å². The summed E-state index contributed by atoms with van der Waals surface area (Å²) in [5, 5.41) is 0. The van der Waals surface area contributed by atoms with E-state index in [0.29, 0.717) is 12.4 Å². The molecule has 0 aliphatic heterocycles. The van der Waals surface area contributed by atoms with Crippen LogP contribution in [0.3, 0.4) is 0 Å². The second-order valence-electron chi connectivity index (χ2n) is 4.27. The van der Waals surface area contributed by atoms with Crippen LogP contribution in [-0.4, -0.2) is 11.6 Å². The van der Waals surface area contributed by atoms with Crippen LogP contribution in [0.1, 0.15) is 25.0 Å². The van der Waals surface area contributed by atoms with Crippen molar-refractivity contribution < 1.29 is 17.9 Å². The minimum atomic E-state index is -4.48. The molecule has 0 saturated heterocycles. The minimum absolute atomic E-state index is 0.209. The van der Waals surface area contributed by atoms with Crippen LogP contribution in [0.4, 0.5) is 13.2 Å². The van der Waals surface area contributed by atoms with Crippen molar-refractivity contribution in [2.75, 3.05) is 6.61 Å². The van der Waals surface area contributed by atoms with Gasteiger partial charge in [-0.15, -0.1) is 0 Å². The summed E-state index contributed by atoms with van der Waals surface area (Å²) in [6, 6.07) is 3.44. The largest absolute Gasteiger partial charge is 0.493 e. The Hall–Kier alpha value is -1.30. The fourth-order valence-electron chi connectivity index (χ4n) is 1.33. The molecule has 1 aromatic rings. The zero-order valence-corrected chi connectivity index (χ0v) is 10.9. The lowest BCUT2D eigenvalue weighted by molar-refractivity contribution is -0.137. The van der Waals surface area contributed by atoms with Crippen LogP contribution >= 0.6 is 12.2 Å². The highest BCUT2D eigenvalue weighted by Crippen LogP contribution is 2.33. The lowest BCUT2D eigenvalue weighted by atomic mass is 10.1. The third-order valence-corrected chi connectivity index (χ3v) is 2.37. The first-order valence-electron chi connectivity index (χ1n) is 5.35. The van der Waals surface area contributed by atoms with Gasteiger partial charge in [0.2, 0.25) is 0 Å². The van der Waals surface area contributed by atoms with Crippen molar-refractivity contribution in [1.82, 2.24) is 0 Å². The highest BCUT2D eigenvalue weighted by molar-refractivity contribution is 7.80.